The minimum absolute atomic E-state index is 0.163. The first-order chi connectivity index (χ1) is 11.8. The molecule has 0 aliphatic carbocycles. The number of hydrogen-bond donors (Lipinski definition) is 0. The smallest absolute Gasteiger partial charge is 0.251 e. The third-order valence-corrected chi connectivity index (χ3v) is 4.16. The number of para-hydroxylation sites is 1. The van der Waals surface area contributed by atoms with E-state index in [1.54, 1.807) is 0 Å². The largest absolute Gasteiger partial charge is 0.294 e. The van der Waals surface area contributed by atoms with E-state index in [0.29, 0.717) is 5.84 Å². The van der Waals surface area contributed by atoms with Gasteiger partial charge in [-0.15, -0.1) is 0 Å². The summed E-state index contributed by atoms with van der Waals surface area (Å²) in [5, 5.41) is 0. The Morgan fingerprint density at radius 3 is 2.46 bits per heavy atom. The first-order valence-electron chi connectivity index (χ1n) is 7.88. The second-order valence-corrected chi connectivity index (χ2v) is 5.71. The van der Waals surface area contributed by atoms with E-state index in [0.717, 1.165) is 28.1 Å². The maximum atomic E-state index is 12.3. The summed E-state index contributed by atoms with van der Waals surface area (Å²) < 4.78 is 0. The molecule has 0 saturated heterocycles. The van der Waals surface area contributed by atoms with Crippen LogP contribution in [0.2, 0.25) is 0 Å². The third kappa shape index (κ3) is 2.31. The Bertz CT molecular complexity index is 934. The van der Waals surface area contributed by atoms with Crippen LogP contribution in [0, 0.1) is 0 Å². The number of allylic oxidation sites excluding steroid dienone is 3. The highest BCUT2D eigenvalue weighted by Gasteiger charge is 2.29. The van der Waals surface area contributed by atoms with Crippen LogP contribution in [0.15, 0.2) is 90.1 Å². The fourth-order valence-electron chi connectivity index (χ4n) is 3.10. The van der Waals surface area contributed by atoms with Crippen molar-refractivity contribution in [1.29, 1.82) is 0 Å². The van der Waals surface area contributed by atoms with Gasteiger partial charge in [0.05, 0.1) is 5.69 Å². The zero-order chi connectivity index (χ0) is 16.5. The highest BCUT2D eigenvalue weighted by Crippen LogP contribution is 2.40. The molecule has 1 amide bonds. The number of amidine groups is 1. The van der Waals surface area contributed by atoms with Crippen molar-refractivity contribution in [2.75, 3.05) is 4.90 Å². The Kier molecular flexibility index (Phi) is 3.47. The van der Waals surface area contributed by atoms with Crippen molar-refractivity contribution in [3.63, 3.8) is 0 Å². The minimum Gasteiger partial charge on any atom is -0.294 e. The zero-order valence-electron chi connectivity index (χ0n) is 13.1. The van der Waals surface area contributed by atoms with Gasteiger partial charge in [-0.3, -0.25) is 9.69 Å². The van der Waals surface area contributed by atoms with Gasteiger partial charge in [-0.25, -0.2) is 0 Å². The van der Waals surface area contributed by atoms with Crippen molar-refractivity contribution >= 4 is 17.4 Å². The van der Waals surface area contributed by atoms with E-state index in [9.17, 15) is 4.79 Å². The van der Waals surface area contributed by atoms with Gasteiger partial charge in [0.15, 0.2) is 0 Å². The molecule has 0 spiro atoms. The zero-order valence-corrected chi connectivity index (χ0v) is 13.1. The van der Waals surface area contributed by atoms with Gasteiger partial charge in [-0.1, -0.05) is 67.3 Å². The van der Waals surface area contributed by atoms with Gasteiger partial charge in [-0.2, -0.15) is 4.99 Å². The van der Waals surface area contributed by atoms with E-state index in [-0.39, 0.29) is 12.3 Å². The highest BCUT2D eigenvalue weighted by molar-refractivity contribution is 6.23. The van der Waals surface area contributed by atoms with E-state index in [2.05, 4.69) is 23.7 Å². The van der Waals surface area contributed by atoms with Crippen LogP contribution in [0.25, 0.3) is 11.1 Å². The number of aliphatic imine (C=N–C) groups is 1. The van der Waals surface area contributed by atoms with Crippen molar-refractivity contribution in [3.05, 3.63) is 90.7 Å². The number of rotatable bonds is 0. The van der Waals surface area contributed by atoms with Gasteiger partial charge < -0.3 is 0 Å². The normalized spacial score (nSPS) is 18.8. The van der Waals surface area contributed by atoms with Crippen LogP contribution in [0.1, 0.15) is 12.0 Å². The lowest BCUT2D eigenvalue weighted by Crippen LogP contribution is -2.34. The molecule has 2 aromatic carbocycles. The van der Waals surface area contributed by atoms with Crippen LogP contribution in [0.5, 0.6) is 0 Å². The summed E-state index contributed by atoms with van der Waals surface area (Å²) in [7, 11) is 0. The molecule has 24 heavy (non-hydrogen) atoms. The molecule has 0 atom stereocenters. The number of carbonyl (C=O) groups excluding carboxylic acids is 1. The van der Waals surface area contributed by atoms with Crippen molar-refractivity contribution < 1.29 is 4.79 Å². The number of benzene rings is 2. The van der Waals surface area contributed by atoms with E-state index < -0.39 is 0 Å². The summed E-state index contributed by atoms with van der Waals surface area (Å²) >= 11 is 0. The molecule has 0 radical (unpaired) electrons. The Morgan fingerprint density at radius 1 is 0.917 bits per heavy atom. The van der Waals surface area contributed by atoms with Crippen molar-refractivity contribution in [3.8, 4) is 11.1 Å². The van der Waals surface area contributed by atoms with E-state index in [1.165, 1.54) is 0 Å². The first kappa shape index (κ1) is 14.4. The summed E-state index contributed by atoms with van der Waals surface area (Å²) in [6.07, 6.45) is 7.80. The van der Waals surface area contributed by atoms with E-state index in [1.807, 2.05) is 65.6 Å². The highest BCUT2D eigenvalue weighted by atomic mass is 16.1. The lowest BCUT2D eigenvalue weighted by Gasteiger charge is -2.34. The van der Waals surface area contributed by atoms with Crippen LogP contribution in [-0.4, -0.2) is 11.7 Å². The van der Waals surface area contributed by atoms with Gasteiger partial charge >= 0.3 is 0 Å². The van der Waals surface area contributed by atoms with Gasteiger partial charge in [0, 0.05) is 23.2 Å². The van der Waals surface area contributed by atoms with Gasteiger partial charge in [0.2, 0.25) is 0 Å². The molecule has 3 nitrogen and oxygen atoms in total. The Morgan fingerprint density at radius 2 is 1.62 bits per heavy atom. The molecule has 2 heterocycles. The quantitative estimate of drug-likeness (QED) is 0.718. The number of fused-ring (bicyclic) bond motifs is 6. The average Bonchev–Trinajstić information content (AvgIpc) is 2.61. The number of hydrogen-bond acceptors (Lipinski definition) is 2. The average molecular weight is 312 g/mol. The number of amides is 1. The summed E-state index contributed by atoms with van der Waals surface area (Å²) in [6, 6.07) is 16.2. The lowest BCUT2D eigenvalue weighted by molar-refractivity contribution is -0.116. The standard InChI is InChI=1S/C21H16N2O/c1-15-9-3-2-4-14-20(24)22-21-18-12-6-5-10-16(18)17-11-7-8-13-19(17)23(15)21/h2-13H,1,14H2/b4-2-,9-3-,22-21?. The molecule has 116 valence electrons. The Labute approximate surface area is 141 Å². The molecule has 2 aliphatic heterocycles. The van der Waals surface area contributed by atoms with Crippen molar-refractivity contribution in [2.24, 2.45) is 4.99 Å². The van der Waals surface area contributed by atoms with Crippen LogP contribution in [-0.2, 0) is 4.79 Å². The van der Waals surface area contributed by atoms with Crippen LogP contribution in [0.3, 0.4) is 0 Å². The molecule has 0 aromatic heterocycles. The van der Waals surface area contributed by atoms with E-state index >= 15 is 0 Å². The minimum atomic E-state index is -0.163. The molecule has 0 N–H and O–H groups in total. The molecule has 0 saturated carbocycles. The second-order valence-electron chi connectivity index (χ2n) is 5.71. The molecule has 0 fully saturated rings. The maximum absolute atomic E-state index is 12.3. The Hall–Kier alpha value is -3.20. The summed E-state index contributed by atoms with van der Waals surface area (Å²) in [5.41, 5.74) is 4.91. The number of anilines is 1. The SMILES string of the molecule is C=C1/C=C\C=C/CC(=O)N=C2c3ccccc3-c3ccccc3N12. The Balaban J connectivity index is 2.04. The van der Waals surface area contributed by atoms with Crippen LogP contribution < -0.4 is 4.90 Å². The molecule has 3 heteroatoms. The van der Waals surface area contributed by atoms with Crippen molar-refractivity contribution in [2.45, 2.75) is 6.42 Å². The third-order valence-electron chi connectivity index (χ3n) is 4.16. The van der Waals surface area contributed by atoms with Crippen LogP contribution >= 0.6 is 0 Å². The molecular weight excluding hydrogens is 296 g/mol. The summed E-state index contributed by atoms with van der Waals surface area (Å²) in [5.74, 6) is 0.475. The number of carbonyl (C=O) groups is 1. The topological polar surface area (TPSA) is 32.7 Å². The molecule has 2 aliphatic rings. The number of nitrogens with zero attached hydrogens (tertiary/aromatic N) is 2. The second kappa shape index (κ2) is 5.78. The predicted molar refractivity (Wildman–Crippen MR) is 97.9 cm³/mol. The maximum Gasteiger partial charge on any atom is 0.251 e. The fourth-order valence-corrected chi connectivity index (χ4v) is 3.10. The first-order valence-corrected chi connectivity index (χ1v) is 7.88. The fraction of sp³-hybridized carbons (Fsp3) is 0.0476. The molecule has 2 aromatic rings. The predicted octanol–water partition coefficient (Wildman–Crippen LogP) is 4.48. The van der Waals surface area contributed by atoms with Gasteiger partial charge in [-0.05, 0) is 17.7 Å². The van der Waals surface area contributed by atoms with E-state index in [4.69, 9.17) is 0 Å². The molecular formula is C21H16N2O. The molecule has 0 bridgehead atoms. The lowest BCUT2D eigenvalue weighted by atomic mass is 9.92. The van der Waals surface area contributed by atoms with Gasteiger partial charge in [0.25, 0.3) is 5.91 Å². The summed E-state index contributed by atoms with van der Waals surface area (Å²) in [6.45, 7) is 4.18. The van der Waals surface area contributed by atoms with Crippen molar-refractivity contribution in [1.82, 2.24) is 0 Å². The summed E-state index contributed by atoms with van der Waals surface area (Å²) in [4.78, 5) is 18.6. The molecule has 0 unspecified atom stereocenters. The molecule has 4 rings (SSSR count). The monoisotopic (exact) mass is 312 g/mol. The van der Waals surface area contributed by atoms with Gasteiger partial charge in [0.1, 0.15) is 5.84 Å². The van der Waals surface area contributed by atoms with Crippen LogP contribution in [0.4, 0.5) is 5.69 Å².